The minimum absolute atomic E-state index is 0.118. The van der Waals surface area contributed by atoms with Crippen molar-refractivity contribution in [1.29, 1.82) is 0 Å². The van der Waals surface area contributed by atoms with Crippen LogP contribution >= 0.6 is 11.3 Å². The molecule has 2 rings (SSSR count). The van der Waals surface area contributed by atoms with E-state index in [9.17, 15) is 4.79 Å². The van der Waals surface area contributed by atoms with Gasteiger partial charge < -0.3 is 9.64 Å². The van der Waals surface area contributed by atoms with Crippen LogP contribution in [-0.4, -0.2) is 47.4 Å². The fraction of sp³-hybridized carbons (Fsp3) is 0.700. The van der Waals surface area contributed by atoms with Crippen LogP contribution in [0.25, 0.3) is 0 Å². The number of carbonyl (C=O) groups excluding carboxylic acids is 1. The van der Waals surface area contributed by atoms with Gasteiger partial charge in [0.05, 0.1) is 13.2 Å². The SMILES string of the molecule is CCCc1nnc(NC(=O)N2CCOCC2)s1. The van der Waals surface area contributed by atoms with Gasteiger partial charge in [0, 0.05) is 19.5 Å². The Hall–Kier alpha value is -1.21. The molecule has 6 nitrogen and oxygen atoms in total. The van der Waals surface area contributed by atoms with Crippen molar-refractivity contribution in [3.63, 3.8) is 0 Å². The van der Waals surface area contributed by atoms with Crippen LogP contribution < -0.4 is 5.32 Å². The van der Waals surface area contributed by atoms with Crippen molar-refractivity contribution < 1.29 is 9.53 Å². The molecule has 2 amide bonds. The number of nitrogens with zero attached hydrogens (tertiary/aromatic N) is 3. The van der Waals surface area contributed by atoms with E-state index in [0.717, 1.165) is 17.8 Å². The maximum absolute atomic E-state index is 11.8. The summed E-state index contributed by atoms with van der Waals surface area (Å²) in [6.45, 7) is 4.56. The van der Waals surface area contributed by atoms with Crippen LogP contribution in [0.4, 0.5) is 9.93 Å². The highest BCUT2D eigenvalue weighted by Crippen LogP contribution is 2.17. The number of ether oxygens (including phenoxy) is 1. The fourth-order valence-corrected chi connectivity index (χ4v) is 2.39. The van der Waals surface area contributed by atoms with Gasteiger partial charge in [0.2, 0.25) is 5.13 Å². The average Bonchev–Trinajstić information content (AvgIpc) is 2.78. The Kier molecular flexibility index (Phi) is 4.27. The summed E-state index contributed by atoms with van der Waals surface area (Å²) in [4.78, 5) is 13.6. The third-order valence-corrected chi connectivity index (χ3v) is 3.34. The van der Waals surface area contributed by atoms with Crippen molar-refractivity contribution >= 4 is 22.5 Å². The van der Waals surface area contributed by atoms with Crippen LogP contribution in [0.2, 0.25) is 0 Å². The Balaban J connectivity index is 1.88. The molecule has 0 spiro atoms. The predicted molar refractivity (Wildman–Crippen MR) is 65.3 cm³/mol. The van der Waals surface area contributed by atoms with Crippen molar-refractivity contribution in [3.8, 4) is 0 Å². The van der Waals surface area contributed by atoms with E-state index in [0.29, 0.717) is 31.4 Å². The molecular formula is C10H16N4O2S. The molecule has 1 aliphatic heterocycles. The summed E-state index contributed by atoms with van der Waals surface area (Å²) in [6, 6.07) is -0.118. The lowest BCUT2D eigenvalue weighted by Gasteiger charge is -2.26. The van der Waals surface area contributed by atoms with Crippen LogP contribution in [0.3, 0.4) is 0 Å². The zero-order valence-corrected chi connectivity index (χ0v) is 10.6. The fourth-order valence-electron chi connectivity index (χ4n) is 1.56. The quantitative estimate of drug-likeness (QED) is 0.886. The molecule has 17 heavy (non-hydrogen) atoms. The second kappa shape index (κ2) is 5.92. The zero-order chi connectivity index (χ0) is 12.1. The van der Waals surface area contributed by atoms with Crippen molar-refractivity contribution in [2.45, 2.75) is 19.8 Å². The van der Waals surface area contributed by atoms with E-state index < -0.39 is 0 Å². The predicted octanol–water partition coefficient (Wildman–Crippen LogP) is 1.35. The Bertz CT molecular complexity index is 376. The summed E-state index contributed by atoms with van der Waals surface area (Å²) in [5.41, 5.74) is 0. The minimum Gasteiger partial charge on any atom is -0.378 e. The van der Waals surface area contributed by atoms with Gasteiger partial charge in [-0.2, -0.15) is 0 Å². The topological polar surface area (TPSA) is 67.4 Å². The summed E-state index contributed by atoms with van der Waals surface area (Å²) in [6.07, 6.45) is 1.94. The largest absolute Gasteiger partial charge is 0.378 e. The Morgan fingerprint density at radius 3 is 2.94 bits per heavy atom. The molecule has 0 aliphatic carbocycles. The van der Waals surface area contributed by atoms with E-state index in [1.165, 1.54) is 11.3 Å². The van der Waals surface area contributed by atoms with Crippen LogP contribution in [0.1, 0.15) is 18.4 Å². The summed E-state index contributed by atoms with van der Waals surface area (Å²) in [5, 5.41) is 12.3. The van der Waals surface area contributed by atoms with Crippen molar-refractivity contribution in [2.24, 2.45) is 0 Å². The Labute approximate surface area is 104 Å². The third kappa shape index (κ3) is 3.37. The molecule has 94 valence electrons. The zero-order valence-electron chi connectivity index (χ0n) is 9.81. The smallest absolute Gasteiger partial charge is 0.323 e. The van der Waals surface area contributed by atoms with Gasteiger partial charge in [-0.15, -0.1) is 10.2 Å². The van der Waals surface area contributed by atoms with E-state index >= 15 is 0 Å². The standard InChI is InChI=1S/C10H16N4O2S/c1-2-3-8-12-13-9(17-8)11-10(15)14-4-6-16-7-5-14/h2-7H2,1H3,(H,11,13,15). The van der Waals surface area contributed by atoms with E-state index in [1.54, 1.807) is 4.90 Å². The number of urea groups is 1. The van der Waals surface area contributed by atoms with Gasteiger partial charge in [0.15, 0.2) is 0 Å². The number of hydrogen-bond acceptors (Lipinski definition) is 5. The van der Waals surface area contributed by atoms with Crippen LogP contribution in [-0.2, 0) is 11.2 Å². The minimum atomic E-state index is -0.118. The average molecular weight is 256 g/mol. The van der Waals surface area contributed by atoms with E-state index in [-0.39, 0.29) is 6.03 Å². The van der Waals surface area contributed by atoms with Gasteiger partial charge in [-0.1, -0.05) is 18.3 Å². The van der Waals surface area contributed by atoms with E-state index in [1.807, 2.05) is 0 Å². The Morgan fingerprint density at radius 1 is 1.47 bits per heavy atom. The first-order valence-corrected chi connectivity index (χ1v) is 6.57. The van der Waals surface area contributed by atoms with E-state index in [4.69, 9.17) is 4.74 Å². The molecule has 1 aromatic heterocycles. The van der Waals surface area contributed by atoms with E-state index in [2.05, 4.69) is 22.4 Å². The number of morpholine rings is 1. The lowest BCUT2D eigenvalue weighted by molar-refractivity contribution is 0.0564. The van der Waals surface area contributed by atoms with Gasteiger partial charge in [-0.05, 0) is 6.42 Å². The second-order valence-electron chi connectivity index (χ2n) is 3.78. The maximum atomic E-state index is 11.8. The molecule has 1 N–H and O–H groups in total. The molecule has 0 saturated carbocycles. The molecule has 0 atom stereocenters. The number of amides is 2. The molecule has 0 aromatic carbocycles. The van der Waals surface area contributed by atoms with Crippen molar-refractivity contribution in [2.75, 3.05) is 31.6 Å². The molecule has 1 fully saturated rings. The van der Waals surface area contributed by atoms with Gasteiger partial charge >= 0.3 is 6.03 Å². The van der Waals surface area contributed by atoms with Crippen LogP contribution in [0.5, 0.6) is 0 Å². The first kappa shape index (κ1) is 12.3. The molecule has 0 bridgehead atoms. The molecule has 0 unspecified atom stereocenters. The normalized spacial score (nSPS) is 15.9. The van der Waals surface area contributed by atoms with Gasteiger partial charge in [0.1, 0.15) is 5.01 Å². The first-order chi connectivity index (χ1) is 8.29. The number of carbonyl (C=O) groups is 1. The highest BCUT2D eigenvalue weighted by atomic mass is 32.1. The van der Waals surface area contributed by atoms with Crippen molar-refractivity contribution in [3.05, 3.63) is 5.01 Å². The summed E-state index contributed by atoms with van der Waals surface area (Å²) >= 11 is 1.44. The van der Waals surface area contributed by atoms with Gasteiger partial charge in [0.25, 0.3) is 0 Å². The van der Waals surface area contributed by atoms with Crippen LogP contribution in [0, 0.1) is 0 Å². The highest BCUT2D eigenvalue weighted by Gasteiger charge is 2.18. The number of aryl methyl sites for hydroxylation is 1. The molecule has 1 aromatic rings. The van der Waals surface area contributed by atoms with Crippen molar-refractivity contribution in [1.82, 2.24) is 15.1 Å². The molecule has 1 aliphatic rings. The first-order valence-electron chi connectivity index (χ1n) is 5.75. The molecule has 7 heteroatoms. The molecule has 1 saturated heterocycles. The monoisotopic (exact) mass is 256 g/mol. The lowest BCUT2D eigenvalue weighted by atomic mass is 10.4. The summed E-state index contributed by atoms with van der Waals surface area (Å²) in [7, 11) is 0. The number of nitrogens with one attached hydrogen (secondary N) is 1. The lowest BCUT2D eigenvalue weighted by Crippen LogP contribution is -2.43. The third-order valence-electron chi connectivity index (χ3n) is 2.44. The number of hydrogen-bond donors (Lipinski definition) is 1. The van der Waals surface area contributed by atoms with Crippen LogP contribution in [0.15, 0.2) is 0 Å². The van der Waals surface area contributed by atoms with Gasteiger partial charge in [-0.25, -0.2) is 4.79 Å². The summed E-state index contributed by atoms with van der Waals surface area (Å²) in [5.74, 6) is 0. The number of rotatable bonds is 3. The number of anilines is 1. The van der Waals surface area contributed by atoms with Gasteiger partial charge in [-0.3, -0.25) is 5.32 Å². The summed E-state index contributed by atoms with van der Waals surface area (Å²) < 4.78 is 5.19. The second-order valence-corrected chi connectivity index (χ2v) is 4.84. The molecular weight excluding hydrogens is 240 g/mol. The molecule has 0 radical (unpaired) electrons. The Morgan fingerprint density at radius 2 is 2.24 bits per heavy atom. The molecule has 2 heterocycles. The maximum Gasteiger partial charge on any atom is 0.323 e. The number of aromatic nitrogens is 2. The highest BCUT2D eigenvalue weighted by molar-refractivity contribution is 7.15.